The van der Waals surface area contributed by atoms with Crippen LogP contribution in [0.25, 0.3) is 0 Å². The van der Waals surface area contributed by atoms with Crippen LogP contribution in [0.1, 0.15) is 58.8 Å². The van der Waals surface area contributed by atoms with Gasteiger partial charge in [0, 0.05) is 0 Å². The molecular weight excluding hydrogens is 168 g/mol. The van der Waals surface area contributed by atoms with E-state index in [1.807, 2.05) is 6.08 Å². The van der Waals surface area contributed by atoms with E-state index in [-0.39, 0.29) is 0 Å². The highest BCUT2D eigenvalue weighted by Crippen LogP contribution is 2.11. The highest BCUT2D eigenvalue weighted by atomic mass is 14.0. The van der Waals surface area contributed by atoms with Crippen LogP contribution in [0.15, 0.2) is 24.8 Å². The second-order valence-electron chi connectivity index (χ2n) is 4.17. The molecule has 0 saturated heterocycles. The van der Waals surface area contributed by atoms with Crippen molar-refractivity contribution in [1.82, 2.24) is 0 Å². The maximum atomic E-state index is 3.76. The zero-order chi connectivity index (χ0) is 10.6. The summed E-state index contributed by atoms with van der Waals surface area (Å²) < 4.78 is 0. The predicted molar refractivity (Wildman–Crippen MR) is 66.5 cm³/mol. The summed E-state index contributed by atoms with van der Waals surface area (Å²) in [4.78, 5) is 0. The Balaban J connectivity index is 3.21. The molecule has 0 rings (SSSR count). The van der Waals surface area contributed by atoms with Gasteiger partial charge in [-0.3, -0.25) is 0 Å². The zero-order valence-corrected chi connectivity index (χ0v) is 9.97. The van der Waals surface area contributed by atoms with Gasteiger partial charge in [-0.15, -0.1) is 6.58 Å². The maximum absolute atomic E-state index is 3.76. The minimum Gasteiger partial charge on any atom is -0.103 e. The fourth-order valence-electron chi connectivity index (χ4n) is 1.53. The van der Waals surface area contributed by atoms with Crippen molar-refractivity contribution in [3.8, 4) is 0 Å². The summed E-state index contributed by atoms with van der Waals surface area (Å²) in [5, 5.41) is 0. The van der Waals surface area contributed by atoms with Crippen LogP contribution < -0.4 is 0 Å². The lowest BCUT2D eigenvalue weighted by Crippen LogP contribution is -1.90. The SMILES string of the molecule is C=CCC(C)CCC=CCCCCC. The fourth-order valence-corrected chi connectivity index (χ4v) is 1.53. The van der Waals surface area contributed by atoms with Gasteiger partial charge in [-0.05, 0) is 38.0 Å². The van der Waals surface area contributed by atoms with Crippen molar-refractivity contribution in [2.75, 3.05) is 0 Å². The van der Waals surface area contributed by atoms with Gasteiger partial charge in [0.25, 0.3) is 0 Å². The van der Waals surface area contributed by atoms with Crippen molar-refractivity contribution in [2.24, 2.45) is 5.92 Å². The van der Waals surface area contributed by atoms with Gasteiger partial charge in [0.1, 0.15) is 0 Å². The number of allylic oxidation sites excluding steroid dienone is 3. The van der Waals surface area contributed by atoms with E-state index in [0.29, 0.717) is 0 Å². The first kappa shape index (κ1) is 13.5. The van der Waals surface area contributed by atoms with Gasteiger partial charge in [-0.25, -0.2) is 0 Å². The van der Waals surface area contributed by atoms with E-state index in [1.165, 1.54) is 38.5 Å². The molecule has 0 aromatic carbocycles. The molecule has 0 N–H and O–H groups in total. The molecule has 0 radical (unpaired) electrons. The summed E-state index contributed by atoms with van der Waals surface area (Å²) >= 11 is 0. The maximum Gasteiger partial charge on any atom is -0.0327 e. The lowest BCUT2D eigenvalue weighted by atomic mass is 10.0. The molecule has 1 unspecified atom stereocenters. The molecule has 0 bridgehead atoms. The van der Waals surface area contributed by atoms with E-state index < -0.39 is 0 Å². The first-order valence-corrected chi connectivity index (χ1v) is 6.07. The van der Waals surface area contributed by atoms with Gasteiger partial charge >= 0.3 is 0 Å². The lowest BCUT2D eigenvalue weighted by molar-refractivity contribution is 0.546. The predicted octanol–water partition coefficient (Wildman–Crippen LogP) is 5.12. The molecule has 82 valence electrons. The monoisotopic (exact) mass is 194 g/mol. The molecule has 0 aromatic heterocycles. The second-order valence-corrected chi connectivity index (χ2v) is 4.17. The van der Waals surface area contributed by atoms with Crippen LogP contribution in [0.3, 0.4) is 0 Å². The summed E-state index contributed by atoms with van der Waals surface area (Å²) in [6.07, 6.45) is 15.7. The molecule has 1 atom stereocenters. The third-order valence-corrected chi connectivity index (χ3v) is 2.54. The standard InChI is InChI=1S/C14H26/c1-4-6-7-8-9-10-11-13-14(3)12-5-2/h5,9-10,14H,2,4,6-8,11-13H2,1,3H3. The van der Waals surface area contributed by atoms with E-state index in [2.05, 4.69) is 32.6 Å². The lowest BCUT2D eigenvalue weighted by Gasteiger charge is -2.04. The van der Waals surface area contributed by atoms with Crippen molar-refractivity contribution in [2.45, 2.75) is 58.8 Å². The largest absolute Gasteiger partial charge is 0.103 e. The summed E-state index contributed by atoms with van der Waals surface area (Å²) in [6, 6.07) is 0. The molecule has 0 heteroatoms. The van der Waals surface area contributed by atoms with Crippen LogP contribution in [0.5, 0.6) is 0 Å². The summed E-state index contributed by atoms with van der Waals surface area (Å²) in [6.45, 7) is 8.31. The smallest absolute Gasteiger partial charge is 0.0327 e. The van der Waals surface area contributed by atoms with Gasteiger partial charge in [0.15, 0.2) is 0 Å². The molecule has 0 aliphatic rings. The average molecular weight is 194 g/mol. The van der Waals surface area contributed by atoms with Crippen molar-refractivity contribution >= 4 is 0 Å². The minimum absolute atomic E-state index is 0.799. The van der Waals surface area contributed by atoms with Crippen LogP contribution in [0.2, 0.25) is 0 Å². The Bertz CT molecular complexity index is 144. The highest BCUT2D eigenvalue weighted by molar-refractivity contribution is 4.82. The van der Waals surface area contributed by atoms with Crippen molar-refractivity contribution in [1.29, 1.82) is 0 Å². The average Bonchev–Trinajstić information content (AvgIpc) is 2.17. The Kier molecular flexibility index (Phi) is 10.2. The van der Waals surface area contributed by atoms with Gasteiger partial charge < -0.3 is 0 Å². The van der Waals surface area contributed by atoms with Gasteiger partial charge in [0.05, 0.1) is 0 Å². The number of unbranched alkanes of at least 4 members (excludes halogenated alkanes) is 3. The quantitative estimate of drug-likeness (QED) is 0.353. The van der Waals surface area contributed by atoms with Crippen LogP contribution >= 0.6 is 0 Å². The van der Waals surface area contributed by atoms with E-state index in [1.54, 1.807) is 0 Å². The second kappa shape index (κ2) is 10.6. The van der Waals surface area contributed by atoms with Crippen LogP contribution in [-0.2, 0) is 0 Å². The van der Waals surface area contributed by atoms with Crippen LogP contribution in [0, 0.1) is 5.92 Å². The van der Waals surface area contributed by atoms with Crippen LogP contribution in [0.4, 0.5) is 0 Å². The minimum atomic E-state index is 0.799. The fraction of sp³-hybridized carbons (Fsp3) is 0.714. The van der Waals surface area contributed by atoms with Crippen molar-refractivity contribution in [3.05, 3.63) is 24.8 Å². The molecule has 0 aromatic rings. The number of hydrogen-bond acceptors (Lipinski definition) is 0. The van der Waals surface area contributed by atoms with Crippen molar-refractivity contribution < 1.29 is 0 Å². The normalized spacial score (nSPS) is 13.3. The number of rotatable bonds is 9. The molecule has 0 spiro atoms. The third kappa shape index (κ3) is 9.57. The van der Waals surface area contributed by atoms with Gasteiger partial charge in [-0.2, -0.15) is 0 Å². The zero-order valence-electron chi connectivity index (χ0n) is 9.97. The van der Waals surface area contributed by atoms with Crippen molar-refractivity contribution in [3.63, 3.8) is 0 Å². The molecule has 0 nitrogen and oxygen atoms in total. The third-order valence-electron chi connectivity index (χ3n) is 2.54. The highest BCUT2D eigenvalue weighted by Gasteiger charge is 1.96. The first-order valence-electron chi connectivity index (χ1n) is 6.07. The molecule has 14 heavy (non-hydrogen) atoms. The molecule has 0 aliphatic carbocycles. The summed E-state index contributed by atoms with van der Waals surface area (Å²) in [7, 11) is 0. The molecule has 0 amide bonds. The summed E-state index contributed by atoms with van der Waals surface area (Å²) in [5.41, 5.74) is 0. The Hall–Kier alpha value is -0.520. The Morgan fingerprint density at radius 3 is 2.50 bits per heavy atom. The Morgan fingerprint density at radius 2 is 1.86 bits per heavy atom. The molecule has 0 fully saturated rings. The van der Waals surface area contributed by atoms with E-state index in [0.717, 1.165) is 12.3 Å². The van der Waals surface area contributed by atoms with E-state index in [4.69, 9.17) is 0 Å². The Labute approximate surface area is 90.1 Å². The molecule has 0 saturated carbocycles. The van der Waals surface area contributed by atoms with Gasteiger partial charge in [-0.1, -0.05) is 44.9 Å². The first-order chi connectivity index (χ1) is 6.81. The number of hydrogen-bond donors (Lipinski definition) is 0. The molecule has 0 aliphatic heterocycles. The Morgan fingerprint density at radius 1 is 1.14 bits per heavy atom. The topological polar surface area (TPSA) is 0 Å². The van der Waals surface area contributed by atoms with Crippen LogP contribution in [-0.4, -0.2) is 0 Å². The molecular formula is C14H26. The molecule has 0 heterocycles. The van der Waals surface area contributed by atoms with E-state index >= 15 is 0 Å². The van der Waals surface area contributed by atoms with E-state index in [9.17, 15) is 0 Å². The summed E-state index contributed by atoms with van der Waals surface area (Å²) in [5.74, 6) is 0.799. The van der Waals surface area contributed by atoms with Gasteiger partial charge in [0.2, 0.25) is 0 Å².